The van der Waals surface area contributed by atoms with Gasteiger partial charge in [-0.3, -0.25) is 4.79 Å². The average Bonchev–Trinajstić information content (AvgIpc) is 2.89. The highest BCUT2D eigenvalue weighted by atomic mass is 32.2. The van der Waals surface area contributed by atoms with E-state index in [4.69, 9.17) is 0 Å². The summed E-state index contributed by atoms with van der Waals surface area (Å²) < 4.78 is 0. The van der Waals surface area contributed by atoms with Gasteiger partial charge in [-0.15, -0.1) is 0 Å². The van der Waals surface area contributed by atoms with Gasteiger partial charge in [0.15, 0.2) is 0 Å². The smallest absolute Gasteiger partial charge is 0.319 e. The number of nitrogens with zero attached hydrogens (tertiary/aromatic N) is 1. The SMILES string of the molecule is CC(C)CCNC(=O)Nc1ccc2c(c1)N(Cc1ccccc1)C(=O)c1ccccc1S2. The monoisotopic (exact) mass is 445 g/mol. The molecule has 0 radical (unpaired) electrons. The highest BCUT2D eigenvalue weighted by molar-refractivity contribution is 7.99. The molecule has 3 aromatic carbocycles. The molecule has 0 saturated heterocycles. The number of hydrogen-bond donors (Lipinski definition) is 2. The van der Waals surface area contributed by atoms with Crippen LogP contribution in [0.1, 0.15) is 36.2 Å². The number of urea groups is 1. The number of hydrogen-bond acceptors (Lipinski definition) is 3. The Morgan fingerprint density at radius 1 is 0.969 bits per heavy atom. The summed E-state index contributed by atoms with van der Waals surface area (Å²) >= 11 is 1.58. The van der Waals surface area contributed by atoms with E-state index in [2.05, 4.69) is 24.5 Å². The van der Waals surface area contributed by atoms with E-state index in [0.717, 1.165) is 27.5 Å². The summed E-state index contributed by atoms with van der Waals surface area (Å²) in [6.07, 6.45) is 0.922. The Hall–Kier alpha value is -3.25. The summed E-state index contributed by atoms with van der Waals surface area (Å²) in [4.78, 5) is 29.6. The molecule has 164 valence electrons. The van der Waals surface area contributed by atoms with Crippen LogP contribution in [0.5, 0.6) is 0 Å². The van der Waals surface area contributed by atoms with Crippen molar-refractivity contribution in [2.75, 3.05) is 16.8 Å². The van der Waals surface area contributed by atoms with Gasteiger partial charge < -0.3 is 15.5 Å². The topological polar surface area (TPSA) is 61.4 Å². The normalized spacial score (nSPS) is 12.7. The predicted molar refractivity (Wildman–Crippen MR) is 130 cm³/mol. The molecule has 0 saturated carbocycles. The number of carbonyl (C=O) groups is 2. The Morgan fingerprint density at radius 3 is 2.50 bits per heavy atom. The minimum Gasteiger partial charge on any atom is -0.338 e. The lowest BCUT2D eigenvalue weighted by Gasteiger charge is -2.24. The second-order valence-electron chi connectivity index (χ2n) is 8.22. The molecule has 3 amide bonds. The summed E-state index contributed by atoms with van der Waals surface area (Å²) in [7, 11) is 0. The largest absolute Gasteiger partial charge is 0.338 e. The van der Waals surface area contributed by atoms with Crippen molar-refractivity contribution in [2.24, 2.45) is 5.92 Å². The Balaban J connectivity index is 1.65. The average molecular weight is 446 g/mol. The van der Waals surface area contributed by atoms with Gasteiger partial charge in [0, 0.05) is 22.0 Å². The van der Waals surface area contributed by atoms with Crippen LogP contribution in [0.2, 0.25) is 0 Å². The van der Waals surface area contributed by atoms with E-state index >= 15 is 0 Å². The van der Waals surface area contributed by atoms with E-state index < -0.39 is 0 Å². The highest BCUT2D eigenvalue weighted by Gasteiger charge is 2.27. The van der Waals surface area contributed by atoms with Gasteiger partial charge in [0.2, 0.25) is 0 Å². The van der Waals surface area contributed by atoms with E-state index in [1.54, 1.807) is 16.7 Å². The quantitative estimate of drug-likeness (QED) is 0.477. The molecule has 0 fully saturated rings. The molecule has 3 aromatic rings. The molecular formula is C26H27N3O2S. The van der Waals surface area contributed by atoms with Crippen LogP contribution >= 0.6 is 11.8 Å². The van der Waals surface area contributed by atoms with Crippen molar-refractivity contribution in [1.29, 1.82) is 0 Å². The molecule has 5 nitrogen and oxygen atoms in total. The van der Waals surface area contributed by atoms with Crippen LogP contribution in [-0.4, -0.2) is 18.5 Å². The molecule has 1 aliphatic heterocycles. The molecule has 0 aliphatic carbocycles. The van der Waals surface area contributed by atoms with Crippen LogP contribution in [0.25, 0.3) is 0 Å². The van der Waals surface area contributed by atoms with Crippen LogP contribution in [-0.2, 0) is 6.54 Å². The first-order chi connectivity index (χ1) is 15.5. The Kier molecular flexibility index (Phi) is 6.81. The van der Waals surface area contributed by atoms with Crippen molar-refractivity contribution in [3.63, 3.8) is 0 Å². The Labute approximate surface area is 193 Å². The minimum absolute atomic E-state index is 0.0470. The van der Waals surface area contributed by atoms with Gasteiger partial charge in [-0.25, -0.2) is 4.79 Å². The van der Waals surface area contributed by atoms with E-state index in [0.29, 0.717) is 30.3 Å². The highest BCUT2D eigenvalue weighted by Crippen LogP contribution is 2.43. The van der Waals surface area contributed by atoms with Crippen molar-refractivity contribution >= 4 is 35.1 Å². The van der Waals surface area contributed by atoms with Crippen molar-refractivity contribution in [3.05, 3.63) is 83.9 Å². The Morgan fingerprint density at radius 2 is 1.72 bits per heavy atom. The fraction of sp³-hybridized carbons (Fsp3) is 0.231. The maximum Gasteiger partial charge on any atom is 0.319 e. The van der Waals surface area contributed by atoms with Gasteiger partial charge in [0.05, 0.1) is 17.8 Å². The molecule has 32 heavy (non-hydrogen) atoms. The van der Waals surface area contributed by atoms with E-state index in [9.17, 15) is 9.59 Å². The summed E-state index contributed by atoms with van der Waals surface area (Å²) in [5, 5.41) is 5.80. The van der Waals surface area contributed by atoms with E-state index in [-0.39, 0.29) is 11.9 Å². The molecule has 0 bridgehead atoms. The van der Waals surface area contributed by atoms with Crippen molar-refractivity contribution in [1.82, 2.24) is 5.32 Å². The maximum atomic E-state index is 13.6. The number of anilines is 2. The zero-order valence-corrected chi connectivity index (χ0v) is 19.1. The van der Waals surface area contributed by atoms with E-state index in [1.165, 1.54) is 0 Å². The van der Waals surface area contributed by atoms with Crippen LogP contribution < -0.4 is 15.5 Å². The van der Waals surface area contributed by atoms with Crippen molar-refractivity contribution < 1.29 is 9.59 Å². The van der Waals surface area contributed by atoms with Crippen molar-refractivity contribution in [2.45, 2.75) is 36.6 Å². The number of carbonyl (C=O) groups excluding carboxylic acids is 2. The van der Waals surface area contributed by atoms with Gasteiger partial charge in [-0.2, -0.15) is 0 Å². The number of amides is 3. The summed E-state index contributed by atoms with van der Waals surface area (Å²) in [5.41, 5.74) is 3.18. The number of benzene rings is 3. The molecule has 0 aromatic heterocycles. The first-order valence-electron chi connectivity index (χ1n) is 10.8. The molecule has 6 heteroatoms. The third kappa shape index (κ3) is 5.14. The standard InChI is InChI=1S/C26H27N3O2S/c1-18(2)14-15-27-26(31)28-20-12-13-24-22(16-20)29(17-19-8-4-3-5-9-19)25(30)21-10-6-7-11-23(21)32-24/h3-13,16,18H,14-15,17H2,1-2H3,(H2,27,28,31). The van der Waals surface area contributed by atoms with Crippen LogP contribution in [0.15, 0.2) is 82.6 Å². The first kappa shape index (κ1) is 22.0. The summed E-state index contributed by atoms with van der Waals surface area (Å²) in [6.45, 7) is 5.32. The second-order valence-corrected chi connectivity index (χ2v) is 9.30. The van der Waals surface area contributed by atoms with Gasteiger partial charge in [0.25, 0.3) is 5.91 Å². The fourth-order valence-electron chi connectivity index (χ4n) is 3.57. The third-order valence-corrected chi connectivity index (χ3v) is 6.42. The lowest BCUT2D eigenvalue weighted by Crippen LogP contribution is -2.31. The van der Waals surface area contributed by atoms with Crippen molar-refractivity contribution in [3.8, 4) is 0 Å². The second kappa shape index (κ2) is 9.92. The zero-order chi connectivity index (χ0) is 22.5. The molecule has 0 atom stereocenters. The lowest BCUT2D eigenvalue weighted by molar-refractivity contribution is 0.0982. The zero-order valence-electron chi connectivity index (χ0n) is 18.3. The summed E-state index contributed by atoms with van der Waals surface area (Å²) in [6, 6.07) is 23.1. The molecule has 0 unspecified atom stereocenters. The fourth-order valence-corrected chi connectivity index (χ4v) is 4.63. The van der Waals surface area contributed by atoms with E-state index in [1.807, 2.05) is 72.8 Å². The first-order valence-corrected chi connectivity index (χ1v) is 11.6. The minimum atomic E-state index is -0.240. The van der Waals surface area contributed by atoms with Gasteiger partial charge in [-0.05, 0) is 48.2 Å². The number of rotatable bonds is 6. The summed E-state index contributed by atoms with van der Waals surface area (Å²) in [5.74, 6) is 0.480. The van der Waals surface area contributed by atoms with Crippen LogP contribution in [0.3, 0.4) is 0 Å². The molecule has 2 N–H and O–H groups in total. The van der Waals surface area contributed by atoms with Crippen LogP contribution in [0, 0.1) is 5.92 Å². The van der Waals surface area contributed by atoms with Gasteiger partial charge in [0.1, 0.15) is 0 Å². The Bertz CT molecular complexity index is 1120. The molecule has 4 rings (SSSR count). The van der Waals surface area contributed by atoms with Crippen LogP contribution in [0.4, 0.5) is 16.2 Å². The van der Waals surface area contributed by atoms with Gasteiger partial charge >= 0.3 is 6.03 Å². The van der Waals surface area contributed by atoms with Gasteiger partial charge in [-0.1, -0.05) is 68.1 Å². The number of nitrogens with one attached hydrogen (secondary N) is 2. The molecular weight excluding hydrogens is 418 g/mol. The third-order valence-electron chi connectivity index (χ3n) is 5.28. The maximum absolute atomic E-state index is 13.6. The molecule has 0 spiro atoms. The molecule has 1 heterocycles. The predicted octanol–water partition coefficient (Wildman–Crippen LogP) is 6.17. The number of fused-ring (bicyclic) bond motifs is 2. The lowest BCUT2D eigenvalue weighted by atomic mass is 10.1. The molecule has 1 aliphatic rings.